The van der Waals surface area contributed by atoms with Crippen LogP contribution >= 0.6 is 0 Å². The van der Waals surface area contributed by atoms with Gasteiger partial charge in [-0.1, -0.05) is 6.07 Å². The molecular weight excluding hydrogens is 411 g/mol. The summed E-state index contributed by atoms with van der Waals surface area (Å²) in [6, 6.07) is 2.60. The number of carbonyl (C=O) groups is 2. The molecule has 0 saturated carbocycles. The molecule has 0 unspecified atom stereocenters. The zero-order chi connectivity index (χ0) is 21.9. The summed E-state index contributed by atoms with van der Waals surface area (Å²) in [5.74, 6) is 0.0776. The molecular formula is C21H26F3N5O2. The van der Waals surface area contributed by atoms with Gasteiger partial charge < -0.3 is 15.1 Å². The van der Waals surface area contributed by atoms with Gasteiger partial charge in [0.05, 0.1) is 5.54 Å². The standard InChI is InChI=1S/C21H26F3N5O2/c22-21(23,24)16-2-1-15(9-25-16)10-27-7-5-19(6-8-27)11-28(12-19)18(31)29-13-20(14-29)4-3-17(30)26-20/h1-2,9H,3-8,10-14H2,(H,26,30). The SMILES string of the molecule is O=C1CCC2(CN(C(=O)N3CC4(CCN(Cc5ccc(C(F)(F)F)nc5)CC4)C3)C2)N1. The van der Waals surface area contributed by atoms with Gasteiger partial charge >= 0.3 is 12.2 Å². The number of carbonyl (C=O) groups excluding carboxylic acids is 2. The number of rotatable bonds is 2. The van der Waals surface area contributed by atoms with Gasteiger partial charge in [0.25, 0.3) is 0 Å². The van der Waals surface area contributed by atoms with Gasteiger partial charge in [-0.15, -0.1) is 0 Å². The van der Waals surface area contributed by atoms with Crippen LogP contribution in [0.4, 0.5) is 18.0 Å². The molecule has 168 valence electrons. The van der Waals surface area contributed by atoms with Gasteiger partial charge in [-0.3, -0.25) is 14.7 Å². The van der Waals surface area contributed by atoms with Crippen molar-refractivity contribution >= 4 is 11.9 Å². The zero-order valence-corrected chi connectivity index (χ0v) is 17.2. The molecule has 4 saturated heterocycles. The summed E-state index contributed by atoms with van der Waals surface area (Å²) in [4.78, 5) is 33.7. The van der Waals surface area contributed by atoms with Crippen molar-refractivity contribution < 1.29 is 22.8 Å². The number of aromatic nitrogens is 1. The van der Waals surface area contributed by atoms with E-state index in [0.29, 0.717) is 26.1 Å². The van der Waals surface area contributed by atoms with Gasteiger partial charge in [-0.05, 0) is 44.0 Å². The topological polar surface area (TPSA) is 68.8 Å². The monoisotopic (exact) mass is 437 g/mol. The third-order valence-corrected chi connectivity index (χ3v) is 7.25. The molecule has 7 nitrogen and oxygen atoms in total. The van der Waals surface area contributed by atoms with Gasteiger partial charge in [0.1, 0.15) is 5.69 Å². The van der Waals surface area contributed by atoms with E-state index in [1.807, 2.05) is 9.80 Å². The Morgan fingerprint density at radius 2 is 1.74 bits per heavy atom. The molecule has 0 aliphatic carbocycles. The Bertz CT molecular complexity index is 866. The lowest BCUT2D eigenvalue weighted by Crippen LogP contribution is -2.73. The van der Waals surface area contributed by atoms with E-state index >= 15 is 0 Å². The highest BCUT2D eigenvalue weighted by molar-refractivity contribution is 5.82. The molecule has 31 heavy (non-hydrogen) atoms. The second kappa shape index (κ2) is 7.08. The summed E-state index contributed by atoms with van der Waals surface area (Å²) in [5.41, 5.74) is -0.112. The molecule has 5 rings (SSSR count). The van der Waals surface area contributed by atoms with E-state index < -0.39 is 11.9 Å². The molecule has 2 spiro atoms. The highest BCUT2D eigenvalue weighted by Crippen LogP contribution is 2.42. The van der Waals surface area contributed by atoms with Crippen LogP contribution in [0.15, 0.2) is 18.3 Å². The molecule has 4 aliphatic heterocycles. The van der Waals surface area contributed by atoms with Gasteiger partial charge in [-0.25, -0.2) is 4.79 Å². The minimum Gasteiger partial charge on any atom is -0.347 e. The number of likely N-dealkylation sites (tertiary alicyclic amines) is 3. The summed E-state index contributed by atoms with van der Waals surface area (Å²) >= 11 is 0. The first kappa shape index (κ1) is 20.5. The number of alkyl halides is 3. The minimum absolute atomic E-state index is 0.0654. The molecule has 5 heterocycles. The number of piperidine rings is 1. The van der Waals surface area contributed by atoms with Crippen LogP contribution in [0, 0.1) is 5.41 Å². The van der Waals surface area contributed by atoms with Crippen LogP contribution < -0.4 is 5.32 Å². The van der Waals surface area contributed by atoms with E-state index in [9.17, 15) is 22.8 Å². The second-order valence-electron chi connectivity index (χ2n) is 9.65. The number of hydrogen-bond acceptors (Lipinski definition) is 4. The quantitative estimate of drug-likeness (QED) is 0.770. The summed E-state index contributed by atoms with van der Waals surface area (Å²) in [6.07, 6.45) is 0.211. The zero-order valence-electron chi connectivity index (χ0n) is 17.2. The van der Waals surface area contributed by atoms with Crippen LogP contribution in [0.2, 0.25) is 0 Å². The maximum Gasteiger partial charge on any atom is 0.433 e. The number of halogens is 3. The third-order valence-electron chi connectivity index (χ3n) is 7.25. The van der Waals surface area contributed by atoms with Crippen LogP contribution in [-0.4, -0.2) is 76.4 Å². The van der Waals surface area contributed by atoms with Crippen LogP contribution in [-0.2, 0) is 17.5 Å². The summed E-state index contributed by atoms with van der Waals surface area (Å²) < 4.78 is 37.9. The number of urea groups is 1. The smallest absolute Gasteiger partial charge is 0.347 e. The Kier molecular flexibility index (Phi) is 4.69. The van der Waals surface area contributed by atoms with Crippen molar-refractivity contribution in [3.63, 3.8) is 0 Å². The van der Waals surface area contributed by atoms with Crippen molar-refractivity contribution in [2.24, 2.45) is 5.41 Å². The van der Waals surface area contributed by atoms with Crippen molar-refractivity contribution in [2.45, 2.75) is 43.9 Å². The lowest BCUT2D eigenvalue weighted by atomic mass is 9.72. The number of nitrogens with zero attached hydrogens (tertiary/aromatic N) is 4. The molecule has 0 bridgehead atoms. The molecule has 4 aliphatic rings. The first-order valence-corrected chi connectivity index (χ1v) is 10.7. The molecule has 0 aromatic carbocycles. The van der Waals surface area contributed by atoms with Crippen molar-refractivity contribution in [2.75, 3.05) is 39.3 Å². The van der Waals surface area contributed by atoms with Crippen LogP contribution in [0.1, 0.15) is 36.9 Å². The molecule has 10 heteroatoms. The van der Waals surface area contributed by atoms with Gasteiger partial charge in [0, 0.05) is 50.8 Å². The number of amides is 3. The predicted molar refractivity (Wildman–Crippen MR) is 105 cm³/mol. The molecule has 1 aromatic heterocycles. The summed E-state index contributed by atoms with van der Waals surface area (Å²) in [6.45, 7) is 5.05. The average molecular weight is 437 g/mol. The largest absolute Gasteiger partial charge is 0.433 e. The highest BCUT2D eigenvalue weighted by Gasteiger charge is 2.53. The Hall–Kier alpha value is -2.36. The molecule has 0 atom stereocenters. The number of hydrogen-bond donors (Lipinski definition) is 1. The van der Waals surface area contributed by atoms with E-state index in [0.717, 1.165) is 57.1 Å². The normalized spacial score (nSPS) is 24.8. The van der Waals surface area contributed by atoms with E-state index in [2.05, 4.69) is 15.2 Å². The first-order valence-electron chi connectivity index (χ1n) is 10.7. The third kappa shape index (κ3) is 3.86. The van der Waals surface area contributed by atoms with Crippen LogP contribution in [0.5, 0.6) is 0 Å². The van der Waals surface area contributed by atoms with E-state index in [4.69, 9.17) is 0 Å². The molecule has 1 aromatic rings. The fourth-order valence-electron chi connectivity index (χ4n) is 5.37. The maximum atomic E-state index is 12.7. The fourth-order valence-corrected chi connectivity index (χ4v) is 5.37. The molecule has 4 fully saturated rings. The Morgan fingerprint density at radius 1 is 1.06 bits per heavy atom. The first-order chi connectivity index (χ1) is 14.7. The van der Waals surface area contributed by atoms with Crippen molar-refractivity contribution in [1.29, 1.82) is 0 Å². The summed E-state index contributed by atoms with van der Waals surface area (Å²) in [5, 5.41) is 3.00. The second-order valence-corrected chi connectivity index (χ2v) is 9.65. The maximum absolute atomic E-state index is 12.7. The lowest BCUT2D eigenvalue weighted by Gasteiger charge is -2.57. The van der Waals surface area contributed by atoms with Crippen LogP contribution in [0.3, 0.4) is 0 Å². The Morgan fingerprint density at radius 3 is 2.29 bits per heavy atom. The highest BCUT2D eigenvalue weighted by atomic mass is 19.4. The fraction of sp³-hybridized carbons (Fsp3) is 0.667. The van der Waals surface area contributed by atoms with Crippen molar-refractivity contribution in [3.8, 4) is 0 Å². The van der Waals surface area contributed by atoms with Gasteiger partial charge in [0.15, 0.2) is 0 Å². The van der Waals surface area contributed by atoms with E-state index in [1.54, 1.807) is 0 Å². The molecule has 3 amide bonds. The number of pyridine rings is 1. The van der Waals surface area contributed by atoms with Crippen molar-refractivity contribution in [3.05, 3.63) is 29.6 Å². The lowest BCUT2D eigenvalue weighted by molar-refractivity contribution is -0.141. The number of nitrogens with one attached hydrogen (secondary N) is 1. The Labute approximate surface area is 178 Å². The average Bonchev–Trinajstić information content (AvgIpc) is 3.07. The predicted octanol–water partition coefficient (Wildman–Crippen LogP) is 2.08. The van der Waals surface area contributed by atoms with E-state index in [1.165, 1.54) is 12.3 Å². The Balaban J connectivity index is 1.06. The van der Waals surface area contributed by atoms with Gasteiger partial charge in [0.2, 0.25) is 5.91 Å². The molecule has 1 N–H and O–H groups in total. The van der Waals surface area contributed by atoms with E-state index in [-0.39, 0.29) is 22.9 Å². The minimum atomic E-state index is -4.41. The molecule has 0 radical (unpaired) electrons. The van der Waals surface area contributed by atoms with Crippen LogP contribution in [0.25, 0.3) is 0 Å². The summed E-state index contributed by atoms with van der Waals surface area (Å²) in [7, 11) is 0. The van der Waals surface area contributed by atoms with Gasteiger partial charge in [-0.2, -0.15) is 13.2 Å². The van der Waals surface area contributed by atoms with Crippen molar-refractivity contribution in [1.82, 2.24) is 25.0 Å².